The molecule has 0 aliphatic carbocycles. The number of imidazole rings is 2. The number of H-pyrrole nitrogens is 1. The number of carbonyl (C=O) groups is 1. The number of hydrogen-bond donors (Lipinski definition) is 3. The molecule has 2 amide bonds. The Morgan fingerprint density at radius 1 is 1.00 bits per heavy atom. The van der Waals surface area contributed by atoms with Crippen molar-refractivity contribution >= 4 is 33.1 Å². The van der Waals surface area contributed by atoms with Crippen molar-refractivity contribution in [1.82, 2.24) is 29.8 Å². The maximum atomic E-state index is 12.7. The lowest BCUT2D eigenvalue weighted by atomic mass is 10.3. The first-order valence-electron chi connectivity index (χ1n) is 10.4. The van der Waals surface area contributed by atoms with E-state index in [0.717, 1.165) is 11.3 Å². The van der Waals surface area contributed by atoms with Gasteiger partial charge in [-0.3, -0.25) is 10.3 Å². The first kappa shape index (κ1) is 22.1. The molecule has 0 spiro atoms. The van der Waals surface area contributed by atoms with Gasteiger partial charge in [-0.1, -0.05) is 0 Å². The second-order valence-corrected chi connectivity index (χ2v) is 8.98. The molecule has 11 nitrogen and oxygen atoms in total. The largest absolute Gasteiger partial charge is 0.379 e. The molecule has 0 unspecified atom stereocenters. The molecule has 0 aliphatic heterocycles. The number of rotatable bonds is 7. The molecular weight excluding hydrogens is 470 g/mol. The van der Waals surface area contributed by atoms with Crippen molar-refractivity contribution < 1.29 is 17.4 Å². The number of pyridine rings is 1. The number of nitrogens with zero attached hydrogens (tertiary/aromatic N) is 4. The van der Waals surface area contributed by atoms with Gasteiger partial charge in [-0.05, 0) is 54.1 Å². The van der Waals surface area contributed by atoms with Crippen molar-refractivity contribution in [3.8, 4) is 11.4 Å². The van der Waals surface area contributed by atoms with Crippen molar-refractivity contribution in [2.75, 3.05) is 5.32 Å². The summed E-state index contributed by atoms with van der Waals surface area (Å²) in [4.78, 5) is 27.3. The van der Waals surface area contributed by atoms with Crippen LogP contribution >= 0.6 is 0 Å². The zero-order valence-corrected chi connectivity index (χ0v) is 18.9. The lowest BCUT2D eigenvalue weighted by Gasteiger charge is -2.08. The molecule has 176 valence electrons. The van der Waals surface area contributed by atoms with E-state index in [1.165, 1.54) is 24.3 Å². The molecular formula is C23H19N7O4S. The Morgan fingerprint density at radius 3 is 2.54 bits per heavy atom. The van der Waals surface area contributed by atoms with Gasteiger partial charge in [0.25, 0.3) is 0 Å². The zero-order chi connectivity index (χ0) is 24.3. The van der Waals surface area contributed by atoms with Crippen molar-refractivity contribution in [2.24, 2.45) is 0 Å². The number of urea groups is 1. The summed E-state index contributed by atoms with van der Waals surface area (Å²) in [5.74, 6) is 0.316. The van der Waals surface area contributed by atoms with E-state index in [2.05, 4.69) is 30.6 Å². The quantitative estimate of drug-likeness (QED) is 0.298. The van der Waals surface area contributed by atoms with E-state index in [9.17, 15) is 13.2 Å². The Hall–Kier alpha value is -4.71. The molecule has 0 saturated carbocycles. The molecule has 3 aromatic heterocycles. The summed E-state index contributed by atoms with van der Waals surface area (Å²) >= 11 is 0. The highest BCUT2D eigenvalue weighted by Gasteiger charge is 2.18. The fourth-order valence-electron chi connectivity index (χ4n) is 3.31. The second kappa shape index (κ2) is 9.27. The third-order valence-corrected chi connectivity index (χ3v) is 6.28. The SMILES string of the molecule is O=C(NCc1ccncc1)Nc1nc2ccc(OS(=O)(=O)c3ccc(-n4ccnc4)cc3)cc2[nH]1. The molecule has 2 aromatic carbocycles. The minimum Gasteiger partial charge on any atom is -0.379 e. The van der Waals surface area contributed by atoms with Crippen LogP contribution < -0.4 is 14.8 Å². The van der Waals surface area contributed by atoms with Crippen LogP contribution in [-0.2, 0) is 16.7 Å². The summed E-state index contributed by atoms with van der Waals surface area (Å²) in [6.07, 6.45) is 8.30. The molecule has 0 saturated heterocycles. The third-order valence-electron chi connectivity index (χ3n) is 5.02. The highest BCUT2D eigenvalue weighted by Crippen LogP contribution is 2.24. The van der Waals surface area contributed by atoms with Crippen LogP contribution in [0.4, 0.5) is 10.7 Å². The molecule has 12 heteroatoms. The number of amides is 2. The Balaban J connectivity index is 1.26. The third kappa shape index (κ3) is 5.12. The Morgan fingerprint density at radius 2 is 1.80 bits per heavy atom. The van der Waals surface area contributed by atoms with Gasteiger partial charge in [0, 0.05) is 43.1 Å². The number of hydrogen-bond acceptors (Lipinski definition) is 7. The fourth-order valence-corrected chi connectivity index (χ4v) is 4.23. The summed E-state index contributed by atoms with van der Waals surface area (Å²) < 4.78 is 32.5. The van der Waals surface area contributed by atoms with Crippen molar-refractivity contribution in [1.29, 1.82) is 0 Å². The van der Waals surface area contributed by atoms with E-state index in [1.807, 2.05) is 0 Å². The van der Waals surface area contributed by atoms with Gasteiger partial charge < -0.3 is 19.1 Å². The summed E-state index contributed by atoms with van der Waals surface area (Å²) in [6, 6.07) is 14.0. The van der Waals surface area contributed by atoms with Crippen LogP contribution in [0.5, 0.6) is 5.75 Å². The van der Waals surface area contributed by atoms with Gasteiger partial charge in [0.05, 0.1) is 17.4 Å². The molecule has 5 aromatic rings. The predicted octanol–water partition coefficient (Wildman–Crippen LogP) is 3.23. The van der Waals surface area contributed by atoms with E-state index < -0.39 is 16.1 Å². The van der Waals surface area contributed by atoms with E-state index in [4.69, 9.17) is 4.18 Å². The first-order valence-corrected chi connectivity index (χ1v) is 11.8. The number of fused-ring (bicyclic) bond motifs is 1. The van der Waals surface area contributed by atoms with Crippen LogP contribution in [0.15, 0.2) is 90.6 Å². The molecule has 0 radical (unpaired) electrons. The van der Waals surface area contributed by atoms with Crippen molar-refractivity contribution in [3.63, 3.8) is 0 Å². The highest BCUT2D eigenvalue weighted by molar-refractivity contribution is 7.87. The highest BCUT2D eigenvalue weighted by atomic mass is 32.2. The fraction of sp³-hybridized carbons (Fsp3) is 0.0435. The maximum Gasteiger partial charge on any atom is 0.339 e. The maximum absolute atomic E-state index is 12.7. The Bertz CT molecular complexity index is 1570. The average molecular weight is 490 g/mol. The lowest BCUT2D eigenvalue weighted by Crippen LogP contribution is -2.28. The van der Waals surface area contributed by atoms with Gasteiger partial charge in [0.2, 0.25) is 5.95 Å². The van der Waals surface area contributed by atoms with E-state index in [0.29, 0.717) is 17.6 Å². The van der Waals surface area contributed by atoms with Crippen LogP contribution in [0.2, 0.25) is 0 Å². The van der Waals surface area contributed by atoms with Gasteiger partial charge in [-0.15, -0.1) is 0 Å². The lowest BCUT2D eigenvalue weighted by molar-refractivity contribution is 0.251. The van der Waals surface area contributed by atoms with Gasteiger partial charge in [0.15, 0.2) is 0 Å². The first-order chi connectivity index (χ1) is 17.0. The second-order valence-electron chi connectivity index (χ2n) is 7.43. The van der Waals surface area contributed by atoms with E-state index in [-0.39, 0.29) is 16.6 Å². The molecule has 0 atom stereocenters. The zero-order valence-electron chi connectivity index (χ0n) is 18.1. The molecule has 0 bridgehead atoms. The molecule has 0 fully saturated rings. The number of benzene rings is 2. The molecule has 3 heterocycles. The van der Waals surface area contributed by atoms with Crippen molar-refractivity contribution in [3.05, 3.63) is 91.3 Å². The number of nitrogens with one attached hydrogen (secondary N) is 3. The van der Waals surface area contributed by atoms with Crippen molar-refractivity contribution in [2.45, 2.75) is 11.4 Å². The van der Waals surface area contributed by atoms with E-state index >= 15 is 0 Å². The van der Waals surface area contributed by atoms with Gasteiger partial charge in [-0.25, -0.2) is 14.8 Å². The summed E-state index contributed by atoms with van der Waals surface area (Å²) in [5.41, 5.74) is 2.70. The standard InChI is InChI=1S/C23H19N7O4S/c31-23(26-14-16-7-9-24-10-8-16)29-22-27-20-6-3-18(13-21(20)28-22)34-35(32,33)19-4-1-17(2-5-19)30-12-11-25-15-30/h1-13,15H,14H2,(H3,26,27,28,29,31). The number of anilines is 1. The molecule has 35 heavy (non-hydrogen) atoms. The molecule has 0 aliphatic rings. The Labute approximate surface area is 200 Å². The van der Waals surface area contributed by atoms with E-state index in [1.54, 1.807) is 66.0 Å². The number of aromatic nitrogens is 5. The number of aromatic amines is 1. The van der Waals surface area contributed by atoms with Crippen LogP contribution in [0.25, 0.3) is 16.7 Å². The van der Waals surface area contributed by atoms with Crippen LogP contribution in [0, 0.1) is 0 Å². The minimum absolute atomic E-state index is 0.0132. The Kier molecular flexibility index (Phi) is 5.85. The van der Waals surface area contributed by atoms with Crippen LogP contribution in [0.3, 0.4) is 0 Å². The topological polar surface area (TPSA) is 144 Å². The van der Waals surface area contributed by atoms with Gasteiger partial charge >= 0.3 is 16.1 Å². The van der Waals surface area contributed by atoms with Gasteiger partial charge in [0.1, 0.15) is 10.6 Å². The van der Waals surface area contributed by atoms with Gasteiger partial charge in [-0.2, -0.15) is 8.42 Å². The summed E-state index contributed by atoms with van der Waals surface area (Å²) in [5, 5.41) is 5.33. The normalized spacial score (nSPS) is 11.3. The molecule has 5 rings (SSSR count). The summed E-state index contributed by atoms with van der Waals surface area (Å²) in [7, 11) is -4.06. The monoisotopic (exact) mass is 489 g/mol. The van der Waals surface area contributed by atoms with Crippen LogP contribution in [0.1, 0.15) is 5.56 Å². The predicted molar refractivity (Wildman–Crippen MR) is 128 cm³/mol. The number of carbonyl (C=O) groups excluding carboxylic acids is 1. The summed E-state index contributed by atoms with van der Waals surface area (Å²) in [6.45, 7) is 0.327. The molecule has 3 N–H and O–H groups in total. The minimum atomic E-state index is -4.06. The smallest absolute Gasteiger partial charge is 0.339 e. The van der Waals surface area contributed by atoms with Crippen LogP contribution in [-0.4, -0.2) is 39.0 Å². The average Bonchev–Trinajstić information content (AvgIpc) is 3.53.